The predicted octanol–water partition coefficient (Wildman–Crippen LogP) is 2.36. The van der Waals surface area contributed by atoms with Gasteiger partial charge in [0, 0.05) is 6.04 Å². The van der Waals surface area contributed by atoms with Crippen LogP contribution in [-0.2, 0) is 11.2 Å². The van der Waals surface area contributed by atoms with E-state index in [1.807, 2.05) is 6.07 Å². The van der Waals surface area contributed by atoms with Crippen molar-refractivity contribution in [2.75, 3.05) is 19.6 Å². The van der Waals surface area contributed by atoms with Gasteiger partial charge in [0.25, 0.3) is 0 Å². The monoisotopic (exact) mass is 290 g/mol. The van der Waals surface area contributed by atoms with Crippen LogP contribution < -0.4 is 5.32 Å². The van der Waals surface area contributed by atoms with Crippen molar-refractivity contribution in [2.45, 2.75) is 38.1 Å². The van der Waals surface area contributed by atoms with Gasteiger partial charge in [-0.05, 0) is 68.8 Å². The molecule has 1 aliphatic carbocycles. The highest BCUT2D eigenvalue weighted by Gasteiger charge is 2.25. The van der Waals surface area contributed by atoms with E-state index in [1.165, 1.54) is 6.07 Å². The Labute approximate surface area is 125 Å². The molecule has 1 N–H and O–H groups in total. The minimum Gasteiger partial charge on any atom is -0.352 e. The molecule has 3 nitrogen and oxygen atoms in total. The zero-order valence-corrected chi connectivity index (χ0v) is 12.4. The molecule has 1 amide bonds. The molecule has 0 radical (unpaired) electrons. The van der Waals surface area contributed by atoms with E-state index in [2.05, 4.69) is 10.2 Å². The maximum Gasteiger partial charge on any atom is 0.234 e. The highest BCUT2D eigenvalue weighted by atomic mass is 19.1. The molecule has 0 atom stereocenters. The summed E-state index contributed by atoms with van der Waals surface area (Å²) in [6.07, 6.45) is 5.41. The molecule has 21 heavy (non-hydrogen) atoms. The Bertz CT molecular complexity index is 493. The molecule has 1 saturated carbocycles. The van der Waals surface area contributed by atoms with E-state index in [9.17, 15) is 9.18 Å². The van der Waals surface area contributed by atoms with Gasteiger partial charge in [0.1, 0.15) is 5.82 Å². The van der Waals surface area contributed by atoms with Crippen LogP contribution in [0.3, 0.4) is 0 Å². The highest BCUT2D eigenvalue weighted by Crippen LogP contribution is 2.22. The summed E-state index contributed by atoms with van der Waals surface area (Å²) in [5.74, 6) is 0.623. The van der Waals surface area contributed by atoms with Crippen molar-refractivity contribution in [3.63, 3.8) is 0 Å². The number of rotatable bonds is 5. The van der Waals surface area contributed by atoms with Crippen molar-refractivity contribution in [1.82, 2.24) is 10.2 Å². The molecule has 1 aliphatic heterocycles. The van der Waals surface area contributed by atoms with Crippen molar-refractivity contribution in [1.29, 1.82) is 0 Å². The molecule has 2 fully saturated rings. The summed E-state index contributed by atoms with van der Waals surface area (Å²) in [6, 6.07) is 7.35. The van der Waals surface area contributed by atoms with E-state index in [1.54, 1.807) is 12.1 Å². The van der Waals surface area contributed by atoms with Gasteiger partial charge >= 0.3 is 0 Å². The van der Waals surface area contributed by atoms with Crippen molar-refractivity contribution in [3.05, 3.63) is 35.6 Å². The van der Waals surface area contributed by atoms with Gasteiger partial charge in [-0.3, -0.25) is 9.69 Å². The third-order valence-electron chi connectivity index (χ3n) is 4.43. The molecule has 2 aliphatic rings. The van der Waals surface area contributed by atoms with Crippen LogP contribution in [0.1, 0.15) is 31.2 Å². The van der Waals surface area contributed by atoms with E-state index >= 15 is 0 Å². The number of likely N-dealkylation sites (tertiary alicyclic amines) is 1. The SMILES string of the molecule is O=C(CN1CCC(Cc2cccc(F)c2)CC1)NC1CC1. The summed E-state index contributed by atoms with van der Waals surface area (Å²) in [5.41, 5.74) is 1.08. The zero-order valence-electron chi connectivity index (χ0n) is 12.4. The molecule has 0 unspecified atom stereocenters. The molecular weight excluding hydrogens is 267 g/mol. The van der Waals surface area contributed by atoms with Gasteiger partial charge in [0.15, 0.2) is 0 Å². The fraction of sp³-hybridized carbons (Fsp3) is 0.588. The molecule has 0 aromatic heterocycles. The molecular formula is C17H23FN2O. The first-order valence-corrected chi connectivity index (χ1v) is 7.95. The first-order chi connectivity index (χ1) is 10.2. The smallest absolute Gasteiger partial charge is 0.234 e. The van der Waals surface area contributed by atoms with Gasteiger partial charge in [0.2, 0.25) is 5.91 Å². The quantitative estimate of drug-likeness (QED) is 0.903. The lowest BCUT2D eigenvalue weighted by atomic mass is 9.90. The topological polar surface area (TPSA) is 32.3 Å². The average molecular weight is 290 g/mol. The van der Waals surface area contributed by atoms with Crippen LogP contribution in [0, 0.1) is 11.7 Å². The van der Waals surface area contributed by atoms with Crippen LogP contribution in [0.15, 0.2) is 24.3 Å². The Balaban J connectivity index is 1.41. The molecule has 1 heterocycles. The maximum absolute atomic E-state index is 13.2. The largest absolute Gasteiger partial charge is 0.352 e. The van der Waals surface area contributed by atoms with Crippen molar-refractivity contribution in [2.24, 2.45) is 5.92 Å². The number of halogens is 1. The van der Waals surface area contributed by atoms with Crippen LogP contribution in [-0.4, -0.2) is 36.5 Å². The number of nitrogens with one attached hydrogen (secondary N) is 1. The molecule has 1 saturated heterocycles. The number of piperidine rings is 1. The van der Waals surface area contributed by atoms with Crippen LogP contribution >= 0.6 is 0 Å². The lowest BCUT2D eigenvalue weighted by molar-refractivity contribution is -0.122. The average Bonchev–Trinajstić information content (AvgIpc) is 3.25. The standard InChI is InChI=1S/C17H23FN2O/c18-15-3-1-2-14(11-15)10-13-6-8-20(9-7-13)12-17(21)19-16-4-5-16/h1-3,11,13,16H,4-10,12H2,(H,19,21). The number of nitrogens with zero attached hydrogens (tertiary/aromatic N) is 1. The van der Waals surface area contributed by atoms with Gasteiger partial charge in [-0.2, -0.15) is 0 Å². The second kappa shape index (κ2) is 6.56. The van der Waals surface area contributed by atoms with Gasteiger partial charge in [-0.15, -0.1) is 0 Å². The summed E-state index contributed by atoms with van der Waals surface area (Å²) in [4.78, 5) is 14.0. The van der Waals surface area contributed by atoms with E-state index in [-0.39, 0.29) is 11.7 Å². The fourth-order valence-corrected chi connectivity index (χ4v) is 3.05. The molecule has 1 aromatic carbocycles. The summed E-state index contributed by atoms with van der Waals surface area (Å²) < 4.78 is 13.2. The Morgan fingerprint density at radius 1 is 1.24 bits per heavy atom. The van der Waals surface area contributed by atoms with E-state index < -0.39 is 0 Å². The van der Waals surface area contributed by atoms with Crippen LogP contribution in [0.4, 0.5) is 4.39 Å². The number of hydrogen-bond acceptors (Lipinski definition) is 2. The second-order valence-corrected chi connectivity index (χ2v) is 6.40. The Hall–Kier alpha value is -1.42. The van der Waals surface area contributed by atoms with Crippen LogP contribution in [0.25, 0.3) is 0 Å². The van der Waals surface area contributed by atoms with Gasteiger partial charge < -0.3 is 5.32 Å². The number of carbonyl (C=O) groups excluding carboxylic acids is 1. The number of benzene rings is 1. The number of hydrogen-bond donors (Lipinski definition) is 1. The number of amides is 1. The normalized spacial score (nSPS) is 20.4. The first kappa shape index (κ1) is 14.5. The fourth-order valence-electron chi connectivity index (χ4n) is 3.05. The minimum absolute atomic E-state index is 0.151. The lowest BCUT2D eigenvalue weighted by Gasteiger charge is -2.31. The Kier molecular flexibility index (Phi) is 4.54. The third kappa shape index (κ3) is 4.53. The maximum atomic E-state index is 13.2. The summed E-state index contributed by atoms with van der Waals surface area (Å²) in [5, 5.41) is 3.04. The number of carbonyl (C=O) groups is 1. The predicted molar refractivity (Wildman–Crippen MR) is 80.4 cm³/mol. The minimum atomic E-state index is -0.151. The summed E-state index contributed by atoms with van der Waals surface area (Å²) in [6.45, 7) is 2.47. The second-order valence-electron chi connectivity index (χ2n) is 6.40. The summed E-state index contributed by atoms with van der Waals surface area (Å²) >= 11 is 0. The molecule has 1 aromatic rings. The van der Waals surface area contributed by atoms with Gasteiger partial charge in [-0.1, -0.05) is 12.1 Å². The van der Waals surface area contributed by atoms with Crippen molar-refractivity contribution in [3.8, 4) is 0 Å². The summed E-state index contributed by atoms with van der Waals surface area (Å²) in [7, 11) is 0. The Morgan fingerprint density at radius 2 is 2.00 bits per heavy atom. The van der Waals surface area contributed by atoms with Crippen LogP contribution in [0.5, 0.6) is 0 Å². The Morgan fingerprint density at radius 3 is 2.67 bits per heavy atom. The lowest BCUT2D eigenvalue weighted by Crippen LogP contribution is -2.42. The highest BCUT2D eigenvalue weighted by molar-refractivity contribution is 5.78. The third-order valence-corrected chi connectivity index (χ3v) is 4.43. The zero-order chi connectivity index (χ0) is 14.7. The van der Waals surface area contributed by atoms with E-state index in [4.69, 9.17) is 0 Å². The van der Waals surface area contributed by atoms with E-state index in [0.29, 0.717) is 18.5 Å². The van der Waals surface area contributed by atoms with Gasteiger partial charge in [-0.25, -0.2) is 4.39 Å². The molecule has 114 valence electrons. The van der Waals surface area contributed by atoms with Crippen molar-refractivity contribution >= 4 is 5.91 Å². The van der Waals surface area contributed by atoms with Crippen molar-refractivity contribution < 1.29 is 9.18 Å². The molecule has 0 bridgehead atoms. The van der Waals surface area contributed by atoms with Gasteiger partial charge in [0.05, 0.1) is 6.54 Å². The van der Waals surface area contributed by atoms with E-state index in [0.717, 1.165) is 50.8 Å². The molecule has 4 heteroatoms. The first-order valence-electron chi connectivity index (χ1n) is 7.95. The molecule has 3 rings (SSSR count). The van der Waals surface area contributed by atoms with Crippen LogP contribution in [0.2, 0.25) is 0 Å². The molecule has 0 spiro atoms.